The van der Waals surface area contributed by atoms with Gasteiger partial charge >= 0.3 is 7.12 Å². The molecule has 1 aromatic rings. The zero-order chi connectivity index (χ0) is 19.5. The molecule has 1 aromatic carbocycles. The van der Waals surface area contributed by atoms with Gasteiger partial charge in [0.2, 0.25) is 0 Å². The molecule has 8 heteroatoms. The van der Waals surface area contributed by atoms with E-state index in [4.69, 9.17) is 10.5 Å². The summed E-state index contributed by atoms with van der Waals surface area (Å²) in [6.45, 7) is 0.445. The van der Waals surface area contributed by atoms with Crippen LogP contribution in [0.1, 0.15) is 67.3 Å². The molecule has 3 saturated carbocycles. The van der Waals surface area contributed by atoms with Crippen LogP contribution in [0.15, 0.2) is 24.3 Å². The summed E-state index contributed by atoms with van der Waals surface area (Å²) in [5, 5.41) is 21.6. The molecule has 0 aromatic heterocycles. The minimum atomic E-state index is -1.59. The number of benzene rings is 1. The number of rotatable bonds is 8. The molecule has 1 atom stereocenters. The molecule has 3 fully saturated rings. The standard InChI is InChI=1S/C20H31BN2O4.ClH/c1-27-20-11-8-19(9-12-20,10-13-20)16-6-4-15(5-7-16)18(24)23-17(21(25)26)3-2-14-22;/h4-7,17,25-26H,2-3,8-14,22H2,1H3,(H,23,24);1H/t17-,19?,20?;/m0./s1. The van der Waals surface area contributed by atoms with Gasteiger partial charge < -0.3 is 25.8 Å². The minimum Gasteiger partial charge on any atom is -0.426 e. The second-order valence-corrected chi connectivity index (χ2v) is 8.17. The van der Waals surface area contributed by atoms with Gasteiger partial charge in [-0.2, -0.15) is 0 Å². The third-order valence-electron chi connectivity index (χ3n) is 6.77. The van der Waals surface area contributed by atoms with Crippen molar-refractivity contribution >= 4 is 25.4 Å². The molecule has 0 heterocycles. The van der Waals surface area contributed by atoms with Crippen LogP contribution in [0.5, 0.6) is 0 Å². The van der Waals surface area contributed by atoms with E-state index in [9.17, 15) is 14.8 Å². The molecule has 4 rings (SSSR count). The number of nitrogens with two attached hydrogens (primary N) is 1. The Kier molecular flexibility index (Phi) is 7.93. The Balaban J connectivity index is 0.00000280. The maximum absolute atomic E-state index is 12.5. The summed E-state index contributed by atoms with van der Waals surface area (Å²) < 4.78 is 5.78. The van der Waals surface area contributed by atoms with Crippen LogP contribution in [-0.4, -0.2) is 48.3 Å². The van der Waals surface area contributed by atoms with Crippen LogP contribution in [0, 0.1) is 0 Å². The first-order valence-corrected chi connectivity index (χ1v) is 9.96. The molecule has 156 valence electrons. The molecule has 6 nitrogen and oxygen atoms in total. The molecule has 0 radical (unpaired) electrons. The first kappa shape index (κ1) is 23.2. The lowest BCUT2D eigenvalue weighted by atomic mass is 9.56. The smallest absolute Gasteiger partial charge is 0.426 e. The van der Waals surface area contributed by atoms with Gasteiger partial charge in [-0.25, -0.2) is 0 Å². The minimum absolute atomic E-state index is 0. The molecule has 0 unspecified atom stereocenters. The number of methoxy groups -OCH3 is 1. The zero-order valence-electron chi connectivity index (χ0n) is 16.5. The summed E-state index contributed by atoms with van der Waals surface area (Å²) in [6.07, 6.45) is 7.74. The highest BCUT2D eigenvalue weighted by Gasteiger charge is 2.49. The van der Waals surface area contributed by atoms with E-state index >= 15 is 0 Å². The second kappa shape index (κ2) is 9.59. The predicted molar refractivity (Wildman–Crippen MR) is 113 cm³/mol. The summed E-state index contributed by atoms with van der Waals surface area (Å²) in [6, 6.07) is 7.81. The third kappa shape index (κ3) is 4.71. The Hall–Kier alpha value is -1.12. The highest BCUT2D eigenvalue weighted by Crippen LogP contribution is 2.54. The molecule has 28 heavy (non-hydrogen) atoms. The fourth-order valence-corrected chi connectivity index (χ4v) is 4.75. The Morgan fingerprint density at radius 3 is 2.21 bits per heavy atom. The number of hydrogen-bond donors (Lipinski definition) is 4. The molecular weight excluding hydrogens is 378 g/mol. The molecule has 1 amide bonds. The average molecular weight is 411 g/mol. The van der Waals surface area contributed by atoms with Gasteiger partial charge in [-0.05, 0) is 81.0 Å². The Morgan fingerprint density at radius 1 is 1.18 bits per heavy atom. The van der Waals surface area contributed by atoms with Crippen molar-refractivity contribution in [2.24, 2.45) is 5.73 Å². The first-order chi connectivity index (χ1) is 12.9. The number of halogens is 1. The van der Waals surface area contributed by atoms with E-state index in [0.717, 1.165) is 38.5 Å². The van der Waals surface area contributed by atoms with Crippen LogP contribution in [-0.2, 0) is 10.2 Å². The lowest BCUT2D eigenvalue weighted by molar-refractivity contribution is -0.0955. The Bertz CT molecular complexity index is 632. The van der Waals surface area contributed by atoms with E-state index in [2.05, 4.69) is 17.4 Å². The Labute approximate surface area is 173 Å². The molecule has 3 aliphatic rings. The van der Waals surface area contributed by atoms with Gasteiger partial charge in [-0.3, -0.25) is 4.79 Å². The average Bonchev–Trinajstić information content (AvgIpc) is 2.72. The van der Waals surface area contributed by atoms with E-state index in [1.807, 2.05) is 19.2 Å². The van der Waals surface area contributed by atoms with E-state index in [0.29, 0.717) is 24.9 Å². The molecule has 0 saturated heterocycles. The van der Waals surface area contributed by atoms with Crippen molar-refractivity contribution in [1.82, 2.24) is 5.32 Å². The molecule has 5 N–H and O–H groups in total. The van der Waals surface area contributed by atoms with E-state index in [1.165, 1.54) is 5.56 Å². The van der Waals surface area contributed by atoms with Crippen LogP contribution in [0.2, 0.25) is 0 Å². The van der Waals surface area contributed by atoms with Gasteiger partial charge in [0.1, 0.15) is 0 Å². The molecule has 2 bridgehead atoms. The number of fused-ring (bicyclic) bond motifs is 3. The maximum Gasteiger partial charge on any atom is 0.475 e. The zero-order valence-corrected chi connectivity index (χ0v) is 17.3. The number of carbonyl (C=O) groups is 1. The van der Waals surface area contributed by atoms with Crippen molar-refractivity contribution in [3.63, 3.8) is 0 Å². The fraction of sp³-hybridized carbons (Fsp3) is 0.650. The predicted octanol–water partition coefficient (Wildman–Crippen LogP) is 1.95. The number of nitrogens with one attached hydrogen (secondary N) is 1. The van der Waals surface area contributed by atoms with Crippen molar-refractivity contribution in [3.05, 3.63) is 35.4 Å². The summed E-state index contributed by atoms with van der Waals surface area (Å²) in [4.78, 5) is 12.5. The monoisotopic (exact) mass is 410 g/mol. The molecule has 3 aliphatic carbocycles. The fourth-order valence-electron chi connectivity index (χ4n) is 4.75. The van der Waals surface area contributed by atoms with E-state index in [-0.39, 0.29) is 29.3 Å². The second-order valence-electron chi connectivity index (χ2n) is 8.17. The number of carbonyl (C=O) groups excluding carboxylic acids is 1. The van der Waals surface area contributed by atoms with Crippen LogP contribution in [0.3, 0.4) is 0 Å². The number of hydrogen-bond acceptors (Lipinski definition) is 5. The quantitative estimate of drug-likeness (QED) is 0.490. The first-order valence-electron chi connectivity index (χ1n) is 9.96. The van der Waals surface area contributed by atoms with Crippen molar-refractivity contribution in [2.45, 2.75) is 68.3 Å². The summed E-state index contributed by atoms with van der Waals surface area (Å²) in [7, 11) is 0.236. The van der Waals surface area contributed by atoms with Crippen molar-refractivity contribution in [2.75, 3.05) is 13.7 Å². The largest absolute Gasteiger partial charge is 0.475 e. The van der Waals surface area contributed by atoms with Gasteiger partial charge in [0.05, 0.1) is 11.5 Å². The lowest BCUT2D eigenvalue weighted by Crippen LogP contribution is -2.49. The number of ether oxygens (including phenoxy) is 1. The van der Waals surface area contributed by atoms with E-state index < -0.39 is 13.1 Å². The van der Waals surface area contributed by atoms with Gasteiger partial charge in [-0.1, -0.05) is 12.1 Å². The third-order valence-corrected chi connectivity index (χ3v) is 6.77. The molecule has 0 aliphatic heterocycles. The SMILES string of the molecule is COC12CCC(c3ccc(C(=O)N[C@@H](CCCN)B(O)O)cc3)(CC1)CC2.Cl. The Morgan fingerprint density at radius 2 is 1.75 bits per heavy atom. The van der Waals surface area contributed by atoms with Gasteiger partial charge in [-0.15, -0.1) is 12.4 Å². The number of amides is 1. The van der Waals surface area contributed by atoms with Crippen molar-refractivity contribution in [3.8, 4) is 0 Å². The van der Waals surface area contributed by atoms with Crippen molar-refractivity contribution < 1.29 is 19.6 Å². The molecule has 0 spiro atoms. The van der Waals surface area contributed by atoms with Crippen LogP contribution >= 0.6 is 12.4 Å². The topological polar surface area (TPSA) is 105 Å². The maximum atomic E-state index is 12.5. The van der Waals surface area contributed by atoms with Crippen molar-refractivity contribution in [1.29, 1.82) is 0 Å². The van der Waals surface area contributed by atoms with Gasteiger partial charge in [0, 0.05) is 12.7 Å². The van der Waals surface area contributed by atoms with Crippen LogP contribution < -0.4 is 11.1 Å². The summed E-state index contributed by atoms with van der Waals surface area (Å²) >= 11 is 0. The highest BCUT2D eigenvalue weighted by atomic mass is 35.5. The summed E-state index contributed by atoms with van der Waals surface area (Å²) in [5.41, 5.74) is 7.60. The van der Waals surface area contributed by atoms with Gasteiger partial charge in [0.25, 0.3) is 5.91 Å². The van der Waals surface area contributed by atoms with Crippen LogP contribution in [0.25, 0.3) is 0 Å². The molecular formula is C20H32BClN2O4. The lowest BCUT2D eigenvalue weighted by Gasteiger charge is -2.53. The summed E-state index contributed by atoms with van der Waals surface area (Å²) in [5.74, 6) is -1.00. The normalized spacial score (nSPS) is 27.0. The van der Waals surface area contributed by atoms with Gasteiger partial charge in [0.15, 0.2) is 0 Å². The van der Waals surface area contributed by atoms with E-state index in [1.54, 1.807) is 0 Å². The highest BCUT2D eigenvalue weighted by molar-refractivity contribution is 6.43. The van der Waals surface area contributed by atoms with Crippen LogP contribution in [0.4, 0.5) is 0 Å².